The number of rotatable bonds is 3. The summed E-state index contributed by atoms with van der Waals surface area (Å²) < 4.78 is 27.5. The molecule has 0 radical (unpaired) electrons. The van der Waals surface area contributed by atoms with Crippen molar-refractivity contribution in [3.63, 3.8) is 0 Å². The maximum atomic E-state index is 11.9. The fraction of sp³-hybridized carbons (Fsp3) is 0.0769. The highest BCUT2D eigenvalue weighted by molar-refractivity contribution is 7.90. The van der Waals surface area contributed by atoms with E-state index >= 15 is 0 Å². The molecule has 0 aliphatic rings. The van der Waals surface area contributed by atoms with Gasteiger partial charge >= 0.3 is 0 Å². The monoisotopic (exact) mass is 260 g/mol. The molecule has 0 fully saturated rings. The first-order valence-electron chi connectivity index (χ1n) is 5.35. The molecule has 0 saturated carbocycles. The molecular formula is C13H12N2O2S. The predicted octanol–water partition coefficient (Wildman–Crippen LogP) is 2.20. The summed E-state index contributed by atoms with van der Waals surface area (Å²) in [5, 5.41) is 0. The number of benzene rings is 1. The van der Waals surface area contributed by atoms with Gasteiger partial charge in [0.15, 0.2) is 0 Å². The molecule has 0 N–H and O–H groups in total. The highest BCUT2D eigenvalue weighted by Gasteiger charge is 2.10. The summed E-state index contributed by atoms with van der Waals surface area (Å²) in [7, 11) is -3.63. The maximum absolute atomic E-state index is 11.9. The SMILES string of the molecule is Cc1ccc(S(=O)(=O)/N=C/c2ccncc2)cc1. The Kier molecular flexibility index (Phi) is 3.53. The smallest absolute Gasteiger partial charge is 0.265 e. The van der Waals surface area contributed by atoms with E-state index in [1.165, 1.54) is 6.21 Å². The van der Waals surface area contributed by atoms with E-state index in [9.17, 15) is 8.42 Å². The van der Waals surface area contributed by atoms with Crippen LogP contribution in [0.15, 0.2) is 58.1 Å². The van der Waals surface area contributed by atoms with E-state index in [0.29, 0.717) is 5.56 Å². The number of pyridine rings is 1. The van der Waals surface area contributed by atoms with Crippen LogP contribution >= 0.6 is 0 Å². The van der Waals surface area contributed by atoms with Crippen molar-refractivity contribution in [2.75, 3.05) is 0 Å². The number of nitrogens with zero attached hydrogens (tertiary/aromatic N) is 2. The average molecular weight is 260 g/mol. The van der Waals surface area contributed by atoms with Gasteiger partial charge in [-0.3, -0.25) is 4.98 Å². The fourth-order valence-electron chi connectivity index (χ4n) is 1.35. The zero-order valence-electron chi connectivity index (χ0n) is 9.82. The molecule has 0 saturated heterocycles. The largest absolute Gasteiger partial charge is 0.282 e. The van der Waals surface area contributed by atoms with Crippen LogP contribution in [0.5, 0.6) is 0 Å². The van der Waals surface area contributed by atoms with Crippen molar-refractivity contribution in [3.05, 3.63) is 59.9 Å². The van der Waals surface area contributed by atoms with Gasteiger partial charge in [0, 0.05) is 18.6 Å². The summed E-state index contributed by atoms with van der Waals surface area (Å²) in [4.78, 5) is 4.04. The van der Waals surface area contributed by atoms with Crippen molar-refractivity contribution in [3.8, 4) is 0 Å². The van der Waals surface area contributed by atoms with E-state index < -0.39 is 10.0 Å². The number of hydrogen-bond donors (Lipinski definition) is 0. The quantitative estimate of drug-likeness (QED) is 0.795. The molecule has 0 atom stereocenters. The summed E-state index contributed by atoms with van der Waals surface area (Å²) in [6, 6.07) is 9.97. The van der Waals surface area contributed by atoms with Crippen LogP contribution < -0.4 is 0 Å². The third kappa shape index (κ3) is 3.01. The van der Waals surface area contributed by atoms with Crippen LogP contribution in [0.25, 0.3) is 0 Å². The molecule has 0 spiro atoms. The van der Waals surface area contributed by atoms with E-state index in [1.54, 1.807) is 48.8 Å². The highest BCUT2D eigenvalue weighted by Crippen LogP contribution is 2.12. The molecule has 0 bridgehead atoms. The summed E-state index contributed by atoms with van der Waals surface area (Å²) in [6.07, 6.45) is 4.48. The second kappa shape index (κ2) is 5.10. The molecule has 1 aromatic carbocycles. The van der Waals surface area contributed by atoms with Gasteiger partial charge < -0.3 is 0 Å². The predicted molar refractivity (Wildman–Crippen MR) is 70.2 cm³/mol. The lowest BCUT2D eigenvalue weighted by molar-refractivity contribution is 0.598. The Morgan fingerprint density at radius 1 is 1.06 bits per heavy atom. The summed E-state index contributed by atoms with van der Waals surface area (Å²) in [5.74, 6) is 0. The Hall–Kier alpha value is -2.01. The minimum absolute atomic E-state index is 0.193. The molecule has 4 nitrogen and oxygen atoms in total. The van der Waals surface area contributed by atoms with E-state index in [2.05, 4.69) is 9.38 Å². The van der Waals surface area contributed by atoms with Gasteiger partial charge in [-0.05, 0) is 36.8 Å². The van der Waals surface area contributed by atoms with Gasteiger partial charge in [0.25, 0.3) is 10.0 Å². The van der Waals surface area contributed by atoms with Crippen molar-refractivity contribution in [1.82, 2.24) is 4.98 Å². The molecule has 18 heavy (non-hydrogen) atoms. The Morgan fingerprint density at radius 3 is 2.28 bits per heavy atom. The molecule has 0 aliphatic heterocycles. The van der Waals surface area contributed by atoms with Gasteiger partial charge in [0.05, 0.1) is 4.90 Å². The maximum Gasteiger partial charge on any atom is 0.282 e. The fourth-order valence-corrected chi connectivity index (χ4v) is 2.21. The van der Waals surface area contributed by atoms with Crippen LogP contribution in [0.1, 0.15) is 11.1 Å². The Balaban J connectivity index is 2.28. The van der Waals surface area contributed by atoms with Gasteiger partial charge in [0.2, 0.25) is 0 Å². The minimum Gasteiger partial charge on any atom is -0.265 e. The number of aryl methyl sites for hydroxylation is 1. The molecular weight excluding hydrogens is 248 g/mol. The zero-order valence-corrected chi connectivity index (χ0v) is 10.6. The van der Waals surface area contributed by atoms with E-state index in [4.69, 9.17) is 0 Å². The second-order valence-corrected chi connectivity index (χ2v) is 5.44. The lowest BCUT2D eigenvalue weighted by Crippen LogP contribution is -1.97. The molecule has 0 unspecified atom stereocenters. The molecule has 0 amide bonds. The standard InChI is InChI=1S/C13H12N2O2S/c1-11-2-4-13(5-3-11)18(16,17)15-10-12-6-8-14-9-7-12/h2-10H,1H3/b15-10+. The Bertz CT molecular complexity index is 647. The first kappa shape index (κ1) is 12.4. The van der Waals surface area contributed by atoms with Crippen LogP contribution in [0.3, 0.4) is 0 Å². The Labute approximate surface area is 106 Å². The molecule has 1 heterocycles. The van der Waals surface area contributed by atoms with E-state index in [0.717, 1.165) is 5.56 Å². The van der Waals surface area contributed by atoms with Crippen molar-refractivity contribution in [2.24, 2.45) is 4.40 Å². The molecule has 2 rings (SSSR count). The molecule has 0 aliphatic carbocycles. The third-order valence-corrected chi connectivity index (χ3v) is 3.62. The lowest BCUT2D eigenvalue weighted by Gasteiger charge is -1.99. The van der Waals surface area contributed by atoms with Crippen LogP contribution in [-0.2, 0) is 10.0 Å². The summed E-state index contributed by atoms with van der Waals surface area (Å²) in [5.41, 5.74) is 1.70. The first-order chi connectivity index (χ1) is 8.58. The summed E-state index contributed by atoms with van der Waals surface area (Å²) in [6.45, 7) is 1.90. The first-order valence-corrected chi connectivity index (χ1v) is 6.79. The van der Waals surface area contributed by atoms with E-state index in [1.807, 2.05) is 6.92 Å². The zero-order chi connectivity index (χ0) is 13.0. The minimum atomic E-state index is -3.63. The molecule has 2 aromatic rings. The van der Waals surface area contributed by atoms with Gasteiger partial charge in [-0.2, -0.15) is 12.8 Å². The second-order valence-electron chi connectivity index (χ2n) is 3.80. The van der Waals surface area contributed by atoms with Gasteiger partial charge in [-0.15, -0.1) is 0 Å². The molecule has 92 valence electrons. The van der Waals surface area contributed by atoms with Gasteiger partial charge in [-0.1, -0.05) is 17.7 Å². The van der Waals surface area contributed by atoms with Crippen molar-refractivity contribution in [2.45, 2.75) is 11.8 Å². The van der Waals surface area contributed by atoms with Crippen molar-refractivity contribution >= 4 is 16.2 Å². The van der Waals surface area contributed by atoms with Crippen LogP contribution in [0, 0.1) is 6.92 Å². The van der Waals surface area contributed by atoms with E-state index in [-0.39, 0.29) is 4.90 Å². The molecule has 5 heteroatoms. The van der Waals surface area contributed by atoms with Gasteiger partial charge in [-0.25, -0.2) is 0 Å². The lowest BCUT2D eigenvalue weighted by atomic mass is 10.2. The number of aromatic nitrogens is 1. The molecule has 1 aromatic heterocycles. The topological polar surface area (TPSA) is 59.4 Å². The van der Waals surface area contributed by atoms with Gasteiger partial charge in [0.1, 0.15) is 0 Å². The van der Waals surface area contributed by atoms with Crippen LogP contribution in [-0.4, -0.2) is 19.6 Å². The number of hydrogen-bond acceptors (Lipinski definition) is 3. The van der Waals surface area contributed by atoms with Crippen LogP contribution in [0.2, 0.25) is 0 Å². The number of sulfonamides is 1. The normalized spacial score (nSPS) is 11.8. The third-order valence-electron chi connectivity index (χ3n) is 2.37. The Morgan fingerprint density at radius 2 is 1.67 bits per heavy atom. The van der Waals surface area contributed by atoms with Crippen LogP contribution in [0.4, 0.5) is 0 Å². The average Bonchev–Trinajstić information content (AvgIpc) is 2.38. The summed E-state index contributed by atoms with van der Waals surface area (Å²) >= 11 is 0. The van der Waals surface area contributed by atoms with Crippen molar-refractivity contribution in [1.29, 1.82) is 0 Å². The highest BCUT2D eigenvalue weighted by atomic mass is 32.2. The van der Waals surface area contributed by atoms with Crippen molar-refractivity contribution < 1.29 is 8.42 Å².